The normalized spacial score (nSPS) is 26.5. The van der Waals surface area contributed by atoms with Crippen LogP contribution in [0.15, 0.2) is 24.3 Å². The minimum atomic E-state index is -0.343. The van der Waals surface area contributed by atoms with Gasteiger partial charge in [0, 0.05) is 11.6 Å². The molecule has 1 aromatic carbocycles. The average molecular weight is 235 g/mol. The van der Waals surface area contributed by atoms with Crippen LogP contribution in [0.3, 0.4) is 0 Å². The van der Waals surface area contributed by atoms with Crippen LogP contribution in [0, 0.1) is 0 Å². The van der Waals surface area contributed by atoms with Crippen LogP contribution in [0.2, 0.25) is 0 Å². The first-order chi connectivity index (χ1) is 8.18. The molecule has 94 valence electrons. The van der Waals surface area contributed by atoms with E-state index in [1.807, 2.05) is 31.2 Å². The Labute approximate surface area is 103 Å². The summed E-state index contributed by atoms with van der Waals surface area (Å²) in [4.78, 5) is 0. The summed E-state index contributed by atoms with van der Waals surface area (Å²) >= 11 is 0. The van der Waals surface area contributed by atoms with Crippen molar-refractivity contribution < 1.29 is 9.84 Å². The third kappa shape index (κ3) is 2.99. The smallest absolute Gasteiger partial charge is 0.124 e. The molecule has 2 unspecified atom stereocenters. The van der Waals surface area contributed by atoms with Gasteiger partial charge in [-0.25, -0.2) is 0 Å². The van der Waals surface area contributed by atoms with E-state index >= 15 is 0 Å². The maximum atomic E-state index is 9.90. The van der Waals surface area contributed by atoms with Crippen molar-refractivity contribution in [2.45, 2.75) is 50.9 Å². The largest absolute Gasteiger partial charge is 0.487 e. The molecule has 0 spiro atoms. The number of rotatable bonds is 3. The van der Waals surface area contributed by atoms with Crippen molar-refractivity contribution in [1.82, 2.24) is 0 Å². The number of aliphatic hydroxyl groups excluding tert-OH is 1. The Hall–Kier alpha value is -1.06. The van der Waals surface area contributed by atoms with Gasteiger partial charge in [-0.1, -0.05) is 24.6 Å². The number of hydrogen-bond acceptors (Lipinski definition) is 3. The van der Waals surface area contributed by atoms with Crippen molar-refractivity contribution in [1.29, 1.82) is 0 Å². The molecule has 1 fully saturated rings. The Kier molecular flexibility index (Phi) is 4.02. The van der Waals surface area contributed by atoms with Crippen molar-refractivity contribution >= 4 is 0 Å². The quantitative estimate of drug-likeness (QED) is 0.845. The number of nitrogens with two attached hydrogens (primary N) is 1. The lowest BCUT2D eigenvalue weighted by Gasteiger charge is -2.29. The van der Waals surface area contributed by atoms with Gasteiger partial charge in [-0.3, -0.25) is 0 Å². The highest BCUT2D eigenvalue weighted by atomic mass is 16.5. The zero-order valence-corrected chi connectivity index (χ0v) is 10.3. The fourth-order valence-corrected chi connectivity index (χ4v) is 2.34. The number of benzene rings is 1. The Morgan fingerprint density at radius 1 is 1.29 bits per heavy atom. The van der Waals surface area contributed by atoms with E-state index in [1.54, 1.807) is 0 Å². The summed E-state index contributed by atoms with van der Waals surface area (Å²) in [5.41, 5.74) is 6.92. The van der Waals surface area contributed by atoms with Gasteiger partial charge in [0.15, 0.2) is 0 Å². The van der Waals surface area contributed by atoms with Crippen molar-refractivity contribution in [3.8, 4) is 5.75 Å². The second-order valence-corrected chi connectivity index (χ2v) is 4.83. The Morgan fingerprint density at radius 3 is 2.71 bits per heavy atom. The average Bonchev–Trinajstić information content (AvgIpc) is 2.32. The third-order valence-electron chi connectivity index (χ3n) is 3.36. The molecule has 0 aromatic heterocycles. The Bertz CT molecular complexity index is 365. The zero-order chi connectivity index (χ0) is 12.3. The number of ether oxygens (including phenoxy) is 1. The molecule has 1 aromatic rings. The second-order valence-electron chi connectivity index (χ2n) is 4.83. The summed E-state index contributed by atoms with van der Waals surface area (Å²) in [6, 6.07) is 7.76. The Morgan fingerprint density at radius 2 is 2.00 bits per heavy atom. The molecule has 0 saturated heterocycles. The molecule has 0 aliphatic heterocycles. The molecule has 3 heteroatoms. The predicted molar refractivity (Wildman–Crippen MR) is 67.9 cm³/mol. The molecule has 1 saturated carbocycles. The SMILES string of the molecule is C[C@H](N)c1ccccc1OC1CCCCC1O. The zero-order valence-electron chi connectivity index (χ0n) is 10.3. The fraction of sp³-hybridized carbons (Fsp3) is 0.571. The molecule has 1 aliphatic carbocycles. The van der Waals surface area contributed by atoms with Crippen molar-refractivity contribution in [3.63, 3.8) is 0 Å². The van der Waals surface area contributed by atoms with Gasteiger partial charge >= 0.3 is 0 Å². The molecule has 3 N–H and O–H groups in total. The maximum absolute atomic E-state index is 9.90. The first-order valence-electron chi connectivity index (χ1n) is 6.37. The highest BCUT2D eigenvalue weighted by Crippen LogP contribution is 2.28. The first kappa shape index (κ1) is 12.4. The molecule has 0 radical (unpaired) electrons. The van der Waals surface area contributed by atoms with E-state index in [9.17, 15) is 5.11 Å². The maximum Gasteiger partial charge on any atom is 0.124 e. The summed E-state index contributed by atoms with van der Waals surface area (Å²) in [7, 11) is 0. The number of hydrogen-bond donors (Lipinski definition) is 2. The van der Waals surface area contributed by atoms with E-state index in [4.69, 9.17) is 10.5 Å². The van der Waals surface area contributed by atoms with E-state index < -0.39 is 0 Å². The molecule has 2 rings (SSSR count). The molecule has 0 heterocycles. The van der Waals surface area contributed by atoms with Crippen LogP contribution < -0.4 is 10.5 Å². The van der Waals surface area contributed by atoms with Gasteiger partial charge in [-0.05, 0) is 32.3 Å². The summed E-state index contributed by atoms with van der Waals surface area (Å²) in [6.45, 7) is 1.94. The third-order valence-corrected chi connectivity index (χ3v) is 3.36. The van der Waals surface area contributed by atoms with E-state index in [2.05, 4.69) is 0 Å². The van der Waals surface area contributed by atoms with Crippen LogP contribution in [-0.2, 0) is 0 Å². The van der Waals surface area contributed by atoms with Crippen molar-refractivity contribution in [2.24, 2.45) is 5.73 Å². The minimum Gasteiger partial charge on any atom is -0.487 e. The molecule has 17 heavy (non-hydrogen) atoms. The fourth-order valence-electron chi connectivity index (χ4n) is 2.34. The highest BCUT2D eigenvalue weighted by Gasteiger charge is 2.25. The summed E-state index contributed by atoms with van der Waals surface area (Å²) in [5, 5.41) is 9.90. The van der Waals surface area contributed by atoms with Gasteiger partial charge in [0.25, 0.3) is 0 Å². The lowest BCUT2D eigenvalue weighted by molar-refractivity contribution is 0.00627. The molecule has 3 atom stereocenters. The number of aliphatic hydroxyl groups is 1. The summed E-state index contributed by atoms with van der Waals surface area (Å²) in [5.74, 6) is 0.813. The van der Waals surface area contributed by atoms with Gasteiger partial charge in [0.05, 0.1) is 6.10 Å². The van der Waals surface area contributed by atoms with Gasteiger partial charge < -0.3 is 15.6 Å². The highest BCUT2D eigenvalue weighted by molar-refractivity contribution is 5.35. The van der Waals surface area contributed by atoms with Crippen LogP contribution in [0.25, 0.3) is 0 Å². The van der Waals surface area contributed by atoms with Crippen LogP contribution in [-0.4, -0.2) is 17.3 Å². The topological polar surface area (TPSA) is 55.5 Å². The number of para-hydroxylation sites is 1. The van der Waals surface area contributed by atoms with Gasteiger partial charge in [0.2, 0.25) is 0 Å². The Balaban J connectivity index is 2.12. The molecule has 0 amide bonds. The first-order valence-corrected chi connectivity index (χ1v) is 6.37. The van der Waals surface area contributed by atoms with Crippen molar-refractivity contribution in [3.05, 3.63) is 29.8 Å². The van der Waals surface area contributed by atoms with Crippen LogP contribution in [0.4, 0.5) is 0 Å². The van der Waals surface area contributed by atoms with E-state index in [0.717, 1.165) is 37.0 Å². The van der Waals surface area contributed by atoms with Gasteiger partial charge in [0.1, 0.15) is 11.9 Å². The van der Waals surface area contributed by atoms with E-state index in [1.165, 1.54) is 0 Å². The summed E-state index contributed by atoms with van der Waals surface area (Å²) < 4.78 is 5.93. The predicted octanol–water partition coefficient (Wildman–Crippen LogP) is 2.39. The summed E-state index contributed by atoms with van der Waals surface area (Å²) in [6.07, 6.45) is 3.56. The molecule has 3 nitrogen and oxygen atoms in total. The molecule has 0 bridgehead atoms. The van der Waals surface area contributed by atoms with Crippen LogP contribution in [0.5, 0.6) is 5.75 Å². The van der Waals surface area contributed by atoms with Gasteiger partial charge in [-0.15, -0.1) is 0 Å². The molecule has 1 aliphatic rings. The monoisotopic (exact) mass is 235 g/mol. The molecular weight excluding hydrogens is 214 g/mol. The lowest BCUT2D eigenvalue weighted by Crippen LogP contribution is -2.35. The van der Waals surface area contributed by atoms with E-state index in [0.29, 0.717) is 0 Å². The van der Waals surface area contributed by atoms with Gasteiger partial charge in [-0.2, -0.15) is 0 Å². The van der Waals surface area contributed by atoms with Crippen LogP contribution >= 0.6 is 0 Å². The van der Waals surface area contributed by atoms with Crippen LogP contribution in [0.1, 0.15) is 44.2 Å². The minimum absolute atomic E-state index is 0.0491. The molecular formula is C14H21NO2. The second kappa shape index (κ2) is 5.52. The van der Waals surface area contributed by atoms with Crippen molar-refractivity contribution in [2.75, 3.05) is 0 Å². The van der Waals surface area contributed by atoms with E-state index in [-0.39, 0.29) is 18.2 Å². The standard InChI is InChI=1S/C14H21NO2/c1-10(15)11-6-2-4-8-13(11)17-14-9-5-3-7-12(14)16/h2,4,6,8,10,12,14,16H,3,5,7,9,15H2,1H3/t10-,12?,14?/m0/s1. The lowest BCUT2D eigenvalue weighted by atomic mass is 9.94.